The van der Waals surface area contributed by atoms with Crippen LogP contribution in [0.25, 0.3) is 34.1 Å². The number of nitrogens with one attached hydrogen (secondary N) is 1. The number of nitrogens with two attached hydrogens (primary N) is 1. The lowest BCUT2D eigenvalue weighted by molar-refractivity contribution is 0.0936. The lowest BCUT2D eigenvalue weighted by atomic mass is 10.1. The molecular formula is C31H27N9O. The Labute approximate surface area is 235 Å². The zero-order valence-corrected chi connectivity index (χ0v) is 22.4. The third-order valence-corrected chi connectivity index (χ3v) is 7.52. The van der Waals surface area contributed by atoms with Gasteiger partial charge in [0.15, 0.2) is 17.3 Å². The van der Waals surface area contributed by atoms with Crippen LogP contribution in [0.1, 0.15) is 46.6 Å². The molecule has 1 amide bonds. The topological polar surface area (TPSA) is 129 Å². The molecule has 0 saturated carbocycles. The van der Waals surface area contributed by atoms with Gasteiger partial charge in [0.2, 0.25) is 0 Å². The summed E-state index contributed by atoms with van der Waals surface area (Å²) in [5.74, 6) is 1.64. The Balaban J connectivity index is 1.29. The van der Waals surface area contributed by atoms with E-state index in [0.717, 1.165) is 47.3 Å². The lowest BCUT2D eigenvalue weighted by Gasteiger charge is -2.16. The molecule has 0 bridgehead atoms. The molecule has 1 atom stereocenters. The van der Waals surface area contributed by atoms with Gasteiger partial charge in [0, 0.05) is 41.7 Å². The maximum atomic E-state index is 13.1. The standard InChI is InChI=1S/C31H27N9O/c1-2-21-17-20(12-15-33-21)31(41)37-25-9-6-19-18-22(7-8-23(19)25)40-29(24-5-3-13-34-28(24)32)36-26-10-11-27(38-30(26)40)39-16-4-14-35-39/h3-5,7-8,10-18,25H,2,6,9H2,1H3,(H2,32,34)(H,37,41)/t25-/m0/s1. The first-order chi connectivity index (χ1) is 20.1. The van der Waals surface area contributed by atoms with Gasteiger partial charge in [-0.15, -0.1) is 0 Å². The zero-order valence-electron chi connectivity index (χ0n) is 22.4. The van der Waals surface area contributed by atoms with Gasteiger partial charge in [-0.1, -0.05) is 13.0 Å². The fraction of sp³-hybridized carbons (Fsp3) is 0.161. The van der Waals surface area contributed by atoms with Crippen molar-refractivity contribution in [2.75, 3.05) is 5.73 Å². The molecule has 10 nitrogen and oxygen atoms in total. The fourth-order valence-electron chi connectivity index (χ4n) is 5.46. The Kier molecular flexibility index (Phi) is 6.00. The normalized spacial score (nSPS) is 14.3. The van der Waals surface area contributed by atoms with Crippen LogP contribution < -0.4 is 11.1 Å². The fourth-order valence-corrected chi connectivity index (χ4v) is 5.46. The number of nitrogen functional groups attached to an aromatic ring is 1. The molecule has 0 aliphatic heterocycles. The van der Waals surface area contributed by atoms with E-state index in [1.807, 2.05) is 60.2 Å². The second-order valence-electron chi connectivity index (χ2n) is 10.0. The van der Waals surface area contributed by atoms with Crippen LogP contribution in [0, 0.1) is 0 Å². The second kappa shape index (κ2) is 9.98. The first-order valence-electron chi connectivity index (χ1n) is 13.6. The van der Waals surface area contributed by atoms with Crippen molar-refractivity contribution in [3.8, 4) is 22.9 Å². The lowest BCUT2D eigenvalue weighted by Crippen LogP contribution is -2.27. The Morgan fingerprint density at radius 1 is 1.02 bits per heavy atom. The van der Waals surface area contributed by atoms with Crippen LogP contribution in [-0.4, -0.2) is 40.2 Å². The highest BCUT2D eigenvalue weighted by atomic mass is 16.1. The molecule has 1 aromatic carbocycles. The number of carbonyl (C=O) groups excluding carboxylic acids is 1. The summed E-state index contributed by atoms with van der Waals surface area (Å²) in [7, 11) is 0. The highest BCUT2D eigenvalue weighted by Gasteiger charge is 2.26. The Hall–Kier alpha value is -5.38. The van der Waals surface area contributed by atoms with Crippen LogP contribution in [0.3, 0.4) is 0 Å². The van der Waals surface area contributed by atoms with Gasteiger partial charge in [0.25, 0.3) is 5.91 Å². The number of anilines is 1. The number of aryl methyl sites for hydroxylation is 2. The summed E-state index contributed by atoms with van der Waals surface area (Å²) in [4.78, 5) is 31.5. The summed E-state index contributed by atoms with van der Waals surface area (Å²) in [6.07, 6.45) is 9.38. The van der Waals surface area contributed by atoms with Crippen molar-refractivity contribution in [3.63, 3.8) is 0 Å². The van der Waals surface area contributed by atoms with Gasteiger partial charge in [-0.2, -0.15) is 5.10 Å². The summed E-state index contributed by atoms with van der Waals surface area (Å²) < 4.78 is 3.74. The Bertz CT molecular complexity index is 1910. The molecule has 0 unspecified atom stereocenters. The quantitative estimate of drug-likeness (QED) is 0.315. The SMILES string of the molecule is CCc1cc(C(=O)N[C@H]2CCc3cc(-n4c(-c5cccnc5N)nc5ccc(-n6cccn6)nc54)ccc32)ccn1. The summed E-state index contributed by atoms with van der Waals surface area (Å²) in [5.41, 5.74) is 13.2. The first-order valence-corrected chi connectivity index (χ1v) is 13.6. The monoisotopic (exact) mass is 541 g/mol. The molecule has 202 valence electrons. The molecule has 1 aliphatic carbocycles. The van der Waals surface area contributed by atoms with E-state index < -0.39 is 0 Å². The Morgan fingerprint density at radius 3 is 2.78 bits per heavy atom. The highest BCUT2D eigenvalue weighted by molar-refractivity contribution is 5.94. The Morgan fingerprint density at radius 2 is 1.95 bits per heavy atom. The van der Waals surface area contributed by atoms with E-state index in [0.29, 0.717) is 28.7 Å². The van der Waals surface area contributed by atoms with Gasteiger partial charge >= 0.3 is 0 Å². The van der Waals surface area contributed by atoms with Crippen molar-refractivity contribution in [2.45, 2.75) is 32.2 Å². The van der Waals surface area contributed by atoms with Gasteiger partial charge in [0.05, 0.1) is 11.6 Å². The summed E-state index contributed by atoms with van der Waals surface area (Å²) in [6.45, 7) is 2.03. The molecule has 7 rings (SSSR count). The molecule has 0 radical (unpaired) electrons. The average molecular weight is 542 g/mol. The molecule has 41 heavy (non-hydrogen) atoms. The predicted octanol–water partition coefficient (Wildman–Crippen LogP) is 4.63. The zero-order chi connectivity index (χ0) is 27.9. The largest absolute Gasteiger partial charge is 0.383 e. The van der Waals surface area contributed by atoms with Crippen molar-refractivity contribution in [3.05, 3.63) is 108 Å². The summed E-state index contributed by atoms with van der Waals surface area (Å²) in [5, 5.41) is 7.56. The van der Waals surface area contributed by atoms with Gasteiger partial charge in [-0.25, -0.2) is 19.6 Å². The minimum absolute atomic E-state index is 0.0673. The number of hydrogen-bond acceptors (Lipinski definition) is 7. The number of nitrogens with zero attached hydrogens (tertiary/aromatic N) is 7. The van der Waals surface area contributed by atoms with Crippen molar-refractivity contribution >= 4 is 22.9 Å². The number of carbonyl (C=O) groups is 1. The minimum atomic E-state index is -0.0886. The van der Waals surface area contributed by atoms with Crippen molar-refractivity contribution in [2.24, 2.45) is 0 Å². The molecule has 5 heterocycles. The molecule has 5 aromatic heterocycles. The predicted molar refractivity (Wildman–Crippen MR) is 156 cm³/mol. The van der Waals surface area contributed by atoms with E-state index in [2.05, 4.69) is 32.5 Å². The molecule has 0 fully saturated rings. The van der Waals surface area contributed by atoms with E-state index in [-0.39, 0.29) is 11.9 Å². The first kappa shape index (κ1) is 24.6. The van der Waals surface area contributed by atoms with E-state index in [1.165, 1.54) is 5.56 Å². The number of hydrogen-bond donors (Lipinski definition) is 2. The second-order valence-corrected chi connectivity index (χ2v) is 10.0. The van der Waals surface area contributed by atoms with Crippen molar-refractivity contribution in [1.82, 2.24) is 39.6 Å². The molecule has 6 aromatic rings. The maximum absolute atomic E-state index is 13.1. The highest BCUT2D eigenvalue weighted by Crippen LogP contribution is 2.36. The van der Waals surface area contributed by atoms with Crippen LogP contribution in [0.4, 0.5) is 5.82 Å². The molecule has 3 N–H and O–H groups in total. The molecule has 1 aliphatic rings. The van der Waals surface area contributed by atoms with Gasteiger partial charge in [-0.05, 0) is 85.0 Å². The molecule has 0 saturated heterocycles. The number of amides is 1. The van der Waals surface area contributed by atoms with Crippen molar-refractivity contribution < 1.29 is 4.79 Å². The number of rotatable bonds is 6. The number of pyridine rings is 3. The third-order valence-electron chi connectivity index (χ3n) is 7.52. The number of imidazole rings is 1. The number of aromatic nitrogens is 7. The van der Waals surface area contributed by atoms with Crippen LogP contribution in [0.15, 0.2) is 85.5 Å². The number of benzene rings is 1. The molecule has 10 heteroatoms. The molecule has 0 spiro atoms. The number of fused-ring (bicyclic) bond motifs is 2. The van der Waals surface area contributed by atoms with Crippen LogP contribution in [0.5, 0.6) is 0 Å². The van der Waals surface area contributed by atoms with Crippen molar-refractivity contribution in [1.29, 1.82) is 0 Å². The third kappa shape index (κ3) is 4.39. The maximum Gasteiger partial charge on any atom is 0.251 e. The summed E-state index contributed by atoms with van der Waals surface area (Å²) >= 11 is 0. The average Bonchev–Trinajstić information content (AvgIpc) is 3.76. The van der Waals surface area contributed by atoms with Crippen LogP contribution >= 0.6 is 0 Å². The van der Waals surface area contributed by atoms with Crippen LogP contribution in [0.2, 0.25) is 0 Å². The molecular weight excluding hydrogens is 514 g/mol. The van der Waals surface area contributed by atoms with E-state index >= 15 is 0 Å². The van der Waals surface area contributed by atoms with Gasteiger partial charge < -0.3 is 11.1 Å². The van der Waals surface area contributed by atoms with Gasteiger partial charge in [-0.3, -0.25) is 14.3 Å². The van der Waals surface area contributed by atoms with E-state index in [9.17, 15) is 4.79 Å². The van der Waals surface area contributed by atoms with E-state index in [1.54, 1.807) is 29.3 Å². The van der Waals surface area contributed by atoms with Gasteiger partial charge in [0.1, 0.15) is 11.3 Å². The van der Waals surface area contributed by atoms with E-state index in [4.69, 9.17) is 15.7 Å². The minimum Gasteiger partial charge on any atom is -0.383 e. The van der Waals surface area contributed by atoms with Crippen LogP contribution in [-0.2, 0) is 12.8 Å². The summed E-state index contributed by atoms with van der Waals surface area (Å²) in [6, 6.07) is 19.3. The smallest absolute Gasteiger partial charge is 0.251 e.